The lowest BCUT2D eigenvalue weighted by molar-refractivity contribution is -0.386. The smallest absolute Gasteiger partial charge is 0.315 e. The van der Waals surface area contributed by atoms with Gasteiger partial charge in [-0.1, -0.05) is 11.8 Å². The van der Waals surface area contributed by atoms with Gasteiger partial charge in [-0.3, -0.25) is 10.1 Å². The second-order valence-corrected chi connectivity index (χ2v) is 4.39. The standard InChI is InChI=1S/C9H8N4O4S/c10-9-12-11-5(3-18-9)4-1-6(13(16)17)8(15)7(14)2-4/h1-2,14-15H,3H2,(H2,10,12). The van der Waals surface area contributed by atoms with E-state index in [0.717, 1.165) is 6.07 Å². The van der Waals surface area contributed by atoms with Gasteiger partial charge in [0.1, 0.15) is 0 Å². The van der Waals surface area contributed by atoms with Crippen molar-refractivity contribution in [2.24, 2.45) is 15.9 Å². The van der Waals surface area contributed by atoms with Gasteiger partial charge in [-0.05, 0) is 6.07 Å². The molecule has 94 valence electrons. The van der Waals surface area contributed by atoms with Crippen LogP contribution in [0.4, 0.5) is 5.69 Å². The minimum absolute atomic E-state index is 0.302. The molecular weight excluding hydrogens is 260 g/mol. The molecule has 18 heavy (non-hydrogen) atoms. The van der Waals surface area contributed by atoms with Crippen LogP contribution in [0.25, 0.3) is 0 Å². The summed E-state index contributed by atoms with van der Waals surface area (Å²) in [5.41, 5.74) is 5.59. The summed E-state index contributed by atoms with van der Waals surface area (Å²) in [6, 6.07) is 2.32. The Morgan fingerprint density at radius 1 is 1.39 bits per heavy atom. The van der Waals surface area contributed by atoms with E-state index in [9.17, 15) is 20.3 Å². The Balaban J connectivity index is 2.50. The lowest BCUT2D eigenvalue weighted by Gasteiger charge is -2.10. The monoisotopic (exact) mass is 268 g/mol. The average molecular weight is 268 g/mol. The molecule has 1 aromatic carbocycles. The van der Waals surface area contributed by atoms with E-state index in [1.165, 1.54) is 17.8 Å². The predicted octanol–water partition coefficient (Wildman–Crippen LogP) is 0.772. The van der Waals surface area contributed by atoms with E-state index in [2.05, 4.69) is 10.2 Å². The summed E-state index contributed by atoms with van der Waals surface area (Å²) in [4.78, 5) is 9.92. The summed E-state index contributed by atoms with van der Waals surface area (Å²) in [6.07, 6.45) is 0. The van der Waals surface area contributed by atoms with Crippen molar-refractivity contribution >= 4 is 28.3 Å². The van der Waals surface area contributed by atoms with Gasteiger partial charge in [-0.25, -0.2) is 0 Å². The fourth-order valence-corrected chi connectivity index (χ4v) is 1.97. The van der Waals surface area contributed by atoms with Crippen molar-refractivity contribution in [1.29, 1.82) is 0 Å². The van der Waals surface area contributed by atoms with Crippen LogP contribution in [0.5, 0.6) is 11.5 Å². The number of nitro benzene ring substituents is 1. The Kier molecular flexibility index (Phi) is 3.06. The van der Waals surface area contributed by atoms with Crippen LogP contribution < -0.4 is 5.73 Å². The summed E-state index contributed by atoms with van der Waals surface area (Å²) in [6.45, 7) is 0. The molecule has 0 radical (unpaired) electrons. The number of aromatic hydroxyl groups is 2. The second kappa shape index (κ2) is 4.53. The maximum absolute atomic E-state index is 10.7. The number of benzene rings is 1. The first-order chi connectivity index (χ1) is 8.49. The number of phenols is 2. The third kappa shape index (κ3) is 2.20. The highest BCUT2D eigenvalue weighted by Gasteiger charge is 2.21. The Labute approximate surface area is 105 Å². The summed E-state index contributed by atoms with van der Waals surface area (Å²) in [5.74, 6) is -0.957. The molecule has 1 heterocycles. The third-order valence-corrected chi connectivity index (χ3v) is 3.02. The van der Waals surface area contributed by atoms with Crippen LogP contribution in [0.3, 0.4) is 0 Å². The van der Waals surface area contributed by atoms with Gasteiger partial charge in [-0.15, -0.1) is 5.10 Å². The first-order valence-corrected chi connectivity index (χ1v) is 5.71. The zero-order valence-electron chi connectivity index (χ0n) is 8.90. The average Bonchev–Trinajstić information content (AvgIpc) is 2.33. The van der Waals surface area contributed by atoms with Gasteiger partial charge in [0.25, 0.3) is 0 Å². The number of nitrogens with two attached hydrogens (primary N) is 1. The SMILES string of the molecule is NC1=NN=C(c2cc(O)c(O)c([N+](=O)[O-])c2)CS1. The van der Waals surface area contributed by atoms with Crippen LogP contribution in [0.1, 0.15) is 5.56 Å². The first kappa shape index (κ1) is 12.2. The van der Waals surface area contributed by atoms with E-state index in [1.54, 1.807) is 0 Å². The second-order valence-electron chi connectivity index (χ2n) is 3.39. The molecule has 0 saturated carbocycles. The number of nitrogens with zero attached hydrogens (tertiary/aromatic N) is 3. The molecule has 1 aliphatic rings. The molecule has 0 fully saturated rings. The molecule has 0 atom stereocenters. The van der Waals surface area contributed by atoms with Crippen LogP contribution in [-0.4, -0.2) is 31.8 Å². The summed E-state index contributed by atoms with van der Waals surface area (Å²) in [7, 11) is 0. The van der Waals surface area contributed by atoms with Crippen LogP contribution in [0, 0.1) is 10.1 Å². The van der Waals surface area contributed by atoms with Gasteiger partial charge in [0, 0.05) is 17.4 Å². The number of hydrogen-bond acceptors (Lipinski definition) is 8. The number of nitro groups is 1. The highest BCUT2D eigenvalue weighted by molar-refractivity contribution is 8.14. The van der Waals surface area contributed by atoms with Crippen molar-refractivity contribution < 1.29 is 15.1 Å². The van der Waals surface area contributed by atoms with E-state index >= 15 is 0 Å². The molecule has 1 aromatic rings. The van der Waals surface area contributed by atoms with Crippen molar-refractivity contribution in [3.63, 3.8) is 0 Å². The predicted molar refractivity (Wildman–Crippen MR) is 67.0 cm³/mol. The van der Waals surface area contributed by atoms with Crippen molar-refractivity contribution in [3.8, 4) is 11.5 Å². The first-order valence-electron chi connectivity index (χ1n) is 4.72. The minimum Gasteiger partial charge on any atom is -0.504 e. The van der Waals surface area contributed by atoms with E-state index in [4.69, 9.17) is 5.73 Å². The zero-order chi connectivity index (χ0) is 13.3. The molecule has 0 spiro atoms. The molecule has 2 rings (SSSR count). The van der Waals surface area contributed by atoms with Crippen LogP contribution in [-0.2, 0) is 0 Å². The number of rotatable bonds is 2. The summed E-state index contributed by atoms with van der Waals surface area (Å²) < 4.78 is 0. The topological polar surface area (TPSA) is 134 Å². The molecule has 0 aromatic heterocycles. The molecule has 0 aliphatic carbocycles. The van der Waals surface area contributed by atoms with Gasteiger partial charge >= 0.3 is 5.69 Å². The van der Waals surface area contributed by atoms with Crippen LogP contribution in [0.2, 0.25) is 0 Å². The minimum atomic E-state index is -0.785. The molecule has 0 bridgehead atoms. The third-order valence-electron chi connectivity index (χ3n) is 2.23. The lowest BCUT2D eigenvalue weighted by Crippen LogP contribution is -2.16. The highest BCUT2D eigenvalue weighted by Crippen LogP contribution is 2.36. The van der Waals surface area contributed by atoms with Crippen molar-refractivity contribution in [1.82, 2.24) is 0 Å². The molecule has 8 nitrogen and oxygen atoms in total. The Morgan fingerprint density at radius 3 is 2.67 bits per heavy atom. The largest absolute Gasteiger partial charge is 0.504 e. The van der Waals surface area contributed by atoms with E-state index < -0.39 is 22.1 Å². The fraction of sp³-hybridized carbons (Fsp3) is 0.111. The van der Waals surface area contributed by atoms with Crippen molar-refractivity contribution in [3.05, 3.63) is 27.8 Å². The van der Waals surface area contributed by atoms with Crippen molar-refractivity contribution in [2.45, 2.75) is 0 Å². The van der Waals surface area contributed by atoms with Crippen LogP contribution >= 0.6 is 11.8 Å². The van der Waals surface area contributed by atoms with Gasteiger partial charge in [-0.2, -0.15) is 5.10 Å². The molecule has 0 saturated heterocycles. The van der Waals surface area contributed by atoms with Crippen molar-refractivity contribution in [2.75, 3.05) is 5.75 Å². The normalized spacial score (nSPS) is 14.9. The van der Waals surface area contributed by atoms with Gasteiger partial charge in [0.15, 0.2) is 10.9 Å². The maximum atomic E-state index is 10.7. The van der Waals surface area contributed by atoms with E-state index in [0.29, 0.717) is 22.2 Å². The van der Waals surface area contributed by atoms with Gasteiger partial charge in [0.05, 0.1) is 10.6 Å². The van der Waals surface area contributed by atoms with Crippen LogP contribution in [0.15, 0.2) is 22.3 Å². The zero-order valence-corrected chi connectivity index (χ0v) is 9.72. The van der Waals surface area contributed by atoms with Gasteiger partial charge in [0.2, 0.25) is 5.75 Å². The Bertz CT molecular complexity index is 584. The maximum Gasteiger partial charge on any atom is 0.315 e. The molecule has 9 heteroatoms. The molecule has 0 unspecified atom stereocenters. The number of hydrogen-bond donors (Lipinski definition) is 3. The lowest BCUT2D eigenvalue weighted by atomic mass is 10.1. The highest BCUT2D eigenvalue weighted by atomic mass is 32.2. The van der Waals surface area contributed by atoms with E-state index in [1.807, 2.05) is 0 Å². The summed E-state index contributed by atoms with van der Waals surface area (Å²) in [5, 5.41) is 37.2. The quantitative estimate of drug-likeness (QED) is 0.412. The Hall–Kier alpha value is -2.29. The number of amidine groups is 1. The molecule has 4 N–H and O–H groups in total. The molecule has 0 amide bonds. The summed E-state index contributed by atoms with van der Waals surface area (Å²) >= 11 is 1.23. The molecular formula is C9H8N4O4S. The fourth-order valence-electron chi connectivity index (χ4n) is 1.36. The number of thioether (sulfide) groups is 1. The van der Waals surface area contributed by atoms with E-state index in [-0.39, 0.29) is 0 Å². The number of phenolic OH excluding ortho intramolecular Hbond substituents is 2. The van der Waals surface area contributed by atoms with Gasteiger partial charge < -0.3 is 15.9 Å². The molecule has 1 aliphatic heterocycles. The Morgan fingerprint density at radius 2 is 2.11 bits per heavy atom.